The van der Waals surface area contributed by atoms with E-state index in [-0.39, 0.29) is 25.8 Å². The predicted molar refractivity (Wildman–Crippen MR) is 109 cm³/mol. The van der Waals surface area contributed by atoms with Crippen molar-refractivity contribution in [1.82, 2.24) is 0 Å². The smallest absolute Gasteiger partial charge is 0.245 e. The van der Waals surface area contributed by atoms with Gasteiger partial charge >= 0.3 is 25.8 Å². The second-order valence-corrected chi connectivity index (χ2v) is 12.3. The summed E-state index contributed by atoms with van der Waals surface area (Å²) in [6.45, 7) is 20.5. The summed E-state index contributed by atoms with van der Waals surface area (Å²) >= 11 is 0. The van der Waals surface area contributed by atoms with Gasteiger partial charge in [0.2, 0.25) is 0 Å². The predicted octanol–water partition coefficient (Wildman–Crippen LogP) is 6.81. The van der Waals surface area contributed by atoms with Crippen molar-refractivity contribution in [2.75, 3.05) is 0 Å². The van der Waals surface area contributed by atoms with Gasteiger partial charge in [0, 0.05) is 0 Å². The zero-order chi connectivity index (χ0) is 17.5. The molecule has 0 bridgehead atoms. The monoisotopic (exact) mass is 368 g/mol. The van der Waals surface area contributed by atoms with Gasteiger partial charge in [-0.3, -0.25) is 0 Å². The zero-order valence-electron chi connectivity index (χ0n) is 15.6. The van der Waals surface area contributed by atoms with E-state index in [1.54, 1.807) is 22.3 Å². The Kier molecular flexibility index (Phi) is 10.5. The summed E-state index contributed by atoms with van der Waals surface area (Å²) in [5.41, 5.74) is 7.28. The quantitative estimate of drug-likeness (QED) is 0.377. The SMILES string of the molecule is C=C[CH2-].C=C[CH2-].C[Si](C)(C)C1C2=C(CCC[CH-]2)c2ccccc21.[Sc+3]. The minimum atomic E-state index is -1.17. The van der Waals surface area contributed by atoms with Crippen LogP contribution in [0.15, 0.2) is 55.1 Å². The van der Waals surface area contributed by atoms with E-state index in [9.17, 15) is 0 Å². The molecular weight excluding hydrogens is 337 g/mol. The van der Waals surface area contributed by atoms with E-state index in [0.717, 1.165) is 5.54 Å². The molecule has 2 aliphatic carbocycles. The van der Waals surface area contributed by atoms with Crippen LogP contribution in [0.3, 0.4) is 0 Å². The average Bonchev–Trinajstić information content (AvgIpc) is 2.83. The van der Waals surface area contributed by atoms with Crippen molar-refractivity contribution in [3.05, 3.63) is 86.5 Å². The van der Waals surface area contributed by atoms with Crippen molar-refractivity contribution in [3.8, 4) is 0 Å². The number of rotatable bonds is 1. The largest absolute Gasteiger partial charge is 3.00 e. The minimum absolute atomic E-state index is 0. The first-order valence-corrected chi connectivity index (χ1v) is 12.0. The van der Waals surface area contributed by atoms with E-state index in [1.807, 2.05) is 0 Å². The van der Waals surface area contributed by atoms with Crippen LogP contribution in [-0.4, -0.2) is 8.07 Å². The van der Waals surface area contributed by atoms with E-state index >= 15 is 0 Å². The van der Waals surface area contributed by atoms with Crippen molar-refractivity contribution >= 4 is 13.6 Å². The fourth-order valence-corrected chi connectivity index (χ4v) is 5.92. The third-order valence-corrected chi connectivity index (χ3v) is 6.47. The Morgan fingerprint density at radius 2 is 1.67 bits per heavy atom. The number of hydrogen-bond acceptors (Lipinski definition) is 0. The number of fused-ring (bicyclic) bond motifs is 2. The Hall–Kier alpha value is -0.863. The fourth-order valence-electron chi connectivity index (χ4n) is 3.51. The van der Waals surface area contributed by atoms with E-state index in [1.165, 1.54) is 31.4 Å². The normalized spacial score (nSPS) is 17.4. The third-order valence-electron chi connectivity index (χ3n) is 4.12. The van der Waals surface area contributed by atoms with Gasteiger partial charge in [-0.05, 0) is 5.54 Å². The van der Waals surface area contributed by atoms with Crippen LogP contribution >= 0.6 is 0 Å². The molecule has 126 valence electrons. The van der Waals surface area contributed by atoms with Gasteiger partial charge in [-0.2, -0.15) is 5.57 Å². The molecule has 2 aliphatic rings. The Morgan fingerprint density at radius 1 is 1.12 bits per heavy atom. The Bertz CT molecular complexity index is 558. The Labute approximate surface area is 169 Å². The van der Waals surface area contributed by atoms with Crippen LogP contribution in [-0.2, 0) is 25.8 Å². The first-order valence-electron chi connectivity index (χ1n) is 8.38. The maximum Gasteiger partial charge on any atom is 3.00 e. The topological polar surface area (TPSA) is 0 Å². The van der Waals surface area contributed by atoms with Gasteiger partial charge in [0.15, 0.2) is 0 Å². The molecule has 24 heavy (non-hydrogen) atoms. The fraction of sp³-hybridized carbons (Fsp3) is 0.318. The van der Waals surface area contributed by atoms with Gasteiger partial charge in [0.25, 0.3) is 0 Å². The van der Waals surface area contributed by atoms with Crippen molar-refractivity contribution in [3.63, 3.8) is 0 Å². The molecule has 1 unspecified atom stereocenters. The van der Waals surface area contributed by atoms with Gasteiger partial charge in [-0.25, -0.2) is 51.2 Å². The van der Waals surface area contributed by atoms with Crippen LogP contribution in [0.5, 0.6) is 0 Å². The van der Waals surface area contributed by atoms with Crippen LogP contribution in [0.1, 0.15) is 35.9 Å². The first-order chi connectivity index (χ1) is 10.9. The van der Waals surface area contributed by atoms with E-state index in [2.05, 4.69) is 77.3 Å². The molecule has 0 radical (unpaired) electrons. The molecule has 0 heterocycles. The van der Waals surface area contributed by atoms with Crippen molar-refractivity contribution in [1.29, 1.82) is 0 Å². The van der Waals surface area contributed by atoms with Crippen LogP contribution in [0.4, 0.5) is 0 Å². The standard InChI is InChI=1S/C16H21Si.2C3H5.Sc/c1-17(2,3)16-14-10-6-4-8-12(14)13-9-5-7-11-15(13)16;2*1-3-2;/h4,6,8,10-11,16H,5,7,9H2,1-3H3;2*3H,1-2H2;/q3*-1;+3. The molecule has 1 atom stereocenters. The second kappa shape index (κ2) is 10.9. The summed E-state index contributed by atoms with van der Waals surface area (Å²) in [7, 11) is -1.17. The average molecular weight is 369 g/mol. The molecule has 1 aromatic carbocycles. The molecule has 0 saturated carbocycles. The molecule has 0 amide bonds. The molecule has 0 saturated heterocycles. The third kappa shape index (κ3) is 5.60. The van der Waals surface area contributed by atoms with Crippen molar-refractivity contribution in [2.24, 2.45) is 0 Å². The molecular formula is C22H31ScSi. The van der Waals surface area contributed by atoms with Crippen molar-refractivity contribution in [2.45, 2.75) is 44.4 Å². The number of hydrogen-bond donors (Lipinski definition) is 0. The molecule has 0 aliphatic heterocycles. The molecule has 3 rings (SSSR count). The van der Waals surface area contributed by atoms with Crippen LogP contribution in [0, 0.1) is 20.3 Å². The Balaban J connectivity index is 0.000000668. The summed E-state index contributed by atoms with van der Waals surface area (Å²) in [5.74, 6) is 0. The number of allylic oxidation sites excluding steroid dienone is 4. The molecule has 0 aromatic heterocycles. The Morgan fingerprint density at radius 3 is 2.21 bits per heavy atom. The van der Waals surface area contributed by atoms with E-state index in [0.29, 0.717) is 0 Å². The van der Waals surface area contributed by atoms with Gasteiger partial charge in [0.05, 0.1) is 8.07 Å². The van der Waals surface area contributed by atoms with Gasteiger partial charge in [-0.15, -0.1) is 12.0 Å². The molecule has 1 aromatic rings. The second-order valence-electron chi connectivity index (χ2n) is 6.99. The molecule has 0 fully saturated rings. The van der Waals surface area contributed by atoms with Crippen LogP contribution in [0.25, 0.3) is 5.57 Å². The number of benzene rings is 1. The summed E-state index contributed by atoms with van der Waals surface area (Å²) in [4.78, 5) is 0. The van der Waals surface area contributed by atoms with Gasteiger partial charge in [0.1, 0.15) is 0 Å². The molecule has 0 nitrogen and oxygen atoms in total. The van der Waals surface area contributed by atoms with Crippen LogP contribution in [0.2, 0.25) is 19.6 Å². The summed E-state index contributed by atoms with van der Waals surface area (Å²) in [5, 5.41) is 0. The summed E-state index contributed by atoms with van der Waals surface area (Å²) in [6.07, 6.45) is 9.45. The van der Waals surface area contributed by atoms with E-state index < -0.39 is 8.07 Å². The first kappa shape index (κ1) is 23.1. The summed E-state index contributed by atoms with van der Waals surface area (Å²) in [6, 6.07) is 9.11. The van der Waals surface area contributed by atoms with Gasteiger partial charge in [-0.1, -0.05) is 62.3 Å². The van der Waals surface area contributed by atoms with E-state index in [4.69, 9.17) is 0 Å². The van der Waals surface area contributed by atoms with Gasteiger partial charge < -0.3 is 0 Å². The molecule has 0 spiro atoms. The molecule has 2 heteroatoms. The van der Waals surface area contributed by atoms with Crippen LogP contribution < -0.4 is 0 Å². The maximum atomic E-state index is 3.25. The minimum Gasteiger partial charge on any atom is -0.245 e. The maximum absolute atomic E-state index is 3.25. The zero-order valence-corrected chi connectivity index (χ0v) is 18.4. The van der Waals surface area contributed by atoms with Crippen molar-refractivity contribution < 1.29 is 25.8 Å². The summed E-state index contributed by atoms with van der Waals surface area (Å²) < 4.78 is 0. The molecule has 0 N–H and O–H groups in total.